The Balaban J connectivity index is 2.73. The van der Waals surface area contributed by atoms with Crippen LogP contribution in [0.3, 0.4) is 0 Å². The highest BCUT2D eigenvalue weighted by Crippen LogP contribution is 2.19. The molecule has 0 saturated heterocycles. The molecule has 5 heteroatoms. The molecule has 1 aromatic carbocycles. The third kappa shape index (κ3) is 3.77. The third-order valence-corrected chi connectivity index (χ3v) is 2.69. The highest BCUT2D eigenvalue weighted by Gasteiger charge is 2.28. The lowest BCUT2D eigenvalue weighted by molar-refractivity contribution is -0.147. The summed E-state index contributed by atoms with van der Waals surface area (Å²) in [7, 11) is 1.68. The van der Waals surface area contributed by atoms with Crippen LogP contribution >= 0.6 is 0 Å². The Bertz CT molecular complexity index is 447. The topological polar surface area (TPSA) is 40.5 Å². The molecule has 0 fully saturated rings. The van der Waals surface area contributed by atoms with E-state index >= 15 is 0 Å². The van der Waals surface area contributed by atoms with Crippen LogP contribution in [0.15, 0.2) is 18.2 Å². The Morgan fingerprint density at radius 3 is 2.56 bits per heavy atom. The van der Waals surface area contributed by atoms with Gasteiger partial charge in [0.1, 0.15) is 11.6 Å². The van der Waals surface area contributed by atoms with Crippen LogP contribution in [0.2, 0.25) is 0 Å². The maximum Gasteiger partial charge on any atom is 0.310 e. The van der Waals surface area contributed by atoms with Gasteiger partial charge in [0.2, 0.25) is 0 Å². The largest absolute Gasteiger partial charge is 0.481 e. The average Bonchev–Trinajstić information content (AvgIpc) is 2.22. The molecule has 0 aliphatic rings. The van der Waals surface area contributed by atoms with E-state index in [1.54, 1.807) is 25.8 Å². The van der Waals surface area contributed by atoms with Crippen LogP contribution in [0, 0.1) is 17.0 Å². The van der Waals surface area contributed by atoms with Gasteiger partial charge in [-0.25, -0.2) is 8.78 Å². The molecule has 0 radical (unpaired) electrons. The second-order valence-corrected chi connectivity index (χ2v) is 5.10. The average molecular weight is 257 g/mol. The quantitative estimate of drug-likeness (QED) is 0.881. The van der Waals surface area contributed by atoms with Crippen LogP contribution in [0.5, 0.6) is 0 Å². The molecular formula is C13H17F2NO2. The molecule has 0 heterocycles. The highest BCUT2D eigenvalue weighted by molar-refractivity contribution is 5.73. The van der Waals surface area contributed by atoms with Gasteiger partial charge in [0.05, 0.1) is 5.41 Å². The van der Waals surface area contributed by atoms with Crippen molar-refractivity contribution in [2.75, 3.05) is 13.6 Å². The van der Waals surface area contributed by atoms with Crippen molar-refractivity contribution in [3.05, 3.63) is 35.4 Å². The molecule has 0 bridgehead atoms. The van der Waals surface area contributed by atoms with E-state index in [9.17, 15) is 13.6 Å². The van der Waals surface area contributed by atoms with Gasteiger partial charge in [0.15, 0.2) is 0 Å². The first-order chi connectivity index (χ1) is 8.22. The lowest BCUT2D eigenvalue weighted by Crippen LogP contribution is -2.37. The minimum atomic E-state index is -0.932. The zero-order chi connectivity index (χ0) is 13.9. The number of carboxylic acid groups (broad SMARTS) is 1. The van der Waals surface area contributed by atoms with E-state index < -0.39 is 23.0 Å². The Morgan fingerprint density at radius 1 is 1.39 bits per heavy atom. The molecule has 0 saturated carbocycles. The summed E-state index contributed by atoms with van der Waals surface area (Å²) in [5, 5.41) is 8.99. The SMILES string of the molecule is CN(Cc1cc(F)ccc1F)CC(C)(C)C(=O)O. The lowest BCUT2D eigenvalue weighted by atomic mass is 9.93. The fourth-order valence-electron chi connectivity index (χ4n) is 1.75. The van der Waals surface area contributed by atoms with Crippen LogP contribution in [0.4, 0.5) is 8.78 Å². The number of benzene rings is 1. The molecule has 18 heavy (non-hydrogen) atoms. The molecule has 3 nitrogen and oxygen atoms in total. The summed E-state index contributed by atoms with van der Waals surface area (Å²) >= 11 is 0. The summed E-state index contributed by atoms with van der Waals surface area (Å²) < 4.78 is 26.4. The predicted octanol–water partition coefficient (Wildman–Crippen LogP) is 2.51. The zero-order valence-corrected chi connectivity index (χ0v) is 10.7. The fraction of sp³-hybridized carbons (Fsp3) is 0.462. The lowest BCUT2D eigenvalue weighted by Gasteiger charge is -2.26. The van der Waals surface area contributed by atoms with Gasteiger partial charge in [0, 0.05) is 18.7 Å². The number of nitrogens with zero attached hydrogens (tertiary/aromatic N) is 1. The van der Waals surface area contributed by atoms with Gasteiger partial charge >= 0.3 is 5.97 Å². The van der Waals surface area contributed by atoms with Crippen molar-refractivity contribution >= 4 is 5.97 Å². The minimum absolute atomic E-state index is 0.167. The van der Waals surface area contributed by atoms with Crippen LogP contribution in [0.1, 0.15) is 19.4 Å². The van der Waals surface area contributed by atoms with Crippen LogP contribution in [-0.2, 0) is 11.3 Å². The Labute approximate surface area is 105 Å². The smallest absolute Gasteiger partial charge is 0.310 e. The van der Waals surface area contributed by atoms with Crippen molar-refractivity contribution in [1.29, 1.82) is 0 Å². The number of aliphatic carboxylic acids is 1. The van der Waals surface area contributed by atoms with Crippen molar-refractivity contribution in [2.45, 2.75) is 20.4 Å². The van der Waals surface area contributed by atoms with Crippen LogP contribution in [-0.4, -0.2) is 29.6 Å². The van der Waals surface area contributed by atoms with Gasteiger partial charge in [-0.3, -0.25) is 4.79 Å². The second-order valence-electron chi connectivity index (χ2n) is 5.10. The monoisotopic (exact) mass is 257 g/mol. The van der Waals surface area contributed by atoms with Crippen molar-refractivity contribution in [3.63, 3.8) is 0 Å². The summed E-state index contributed by atoms with van der Waals surface area (Å²) in [4.78, 5) is 12.6. The van der Waals surface area contributed by atoms with E-state index in [1.165, 1.54) is 0 Å². The van der Waals surface area contributed by atoms with E-state index in [-0.39, 0.29) is 18.7 Å². The van der Waals surface area contributed by atoms with E-state index in [0.29, 0.717) is 0 Å². The summed E-state index contributed by atoms with van der Waals surface area (Å²) in [5.41, 5.74) is -0.711. The van der Waals surface area contributed by atoms with Crippen molar-refractivity contribution in [3.8, 4) is 0 Å². The Morgan fingerprint density at radius 2 is 2.00 bits per heavy atom. The molecular weight excluding hydrogens is 240 g/mol. The van der Waals surface area contributed by atoms with E-state index in [2.05, 4.69) is 0 Å². The molecule has 100 valence electrons. The van der Waals surface area contributed by atoms with Gasteiger partial charge < -0.3 is 10.0 Å². The molecule has 1 aromatic rings. The van der Waals surface area contributed by atoms with Crippen molar-refractivity contribution in [1.82, 2.24) is 4.90 Å². The molecule has 0 atom stereocenters. The first-order valence-corrected chi connectivity index (χ1v) is 5.58. The summed E-state index contributed by atoms with van der Waals surface area (Å²) in [6.45, 7) is 3.60. The number of hydrogen-bond acceptors (Lipinski definition) is 2. The van der Waals surface area contributed by atoms with Gasteiger partial charge in [0.25, 0.3) is 0 Å². The maximum atomic E-state index is 13.4. The minimum Gasteiger partial charge on any atom is -0.481 e. The number of hydrogen-bond donors (Lipinski definition) is 1. The highest BCUT2D eigenvalue weighted by atomic mass is 19.1. The van der Waals surface area contributed by atoms with E-state index in [4.69, 9.17) is 5.11 Å². The first kappa shape index (κ1) is 14.6. The normalized spacial score (nSPS) is 11.9. The third-order valence-electron chi connectivity index (χ3n) is 2.69. The Kier molecular flexibility index (Phi) is 4.40. The maximum absolute atomic E-state index is 13.4. The van der Waals surface area contributed by atoms with Crippen LogP contribution < -0.4 is 0 Å². The Hall–Kier alpha value is -1.49. The molecule has 0 aromatic heterocycles. The number of carbonyl (C=O) groups is 1. The van der Waals surface area contributed by atoms with E-state index in [1.807, 2.05) is 0 Å². The standard InChI is InChI=1S/C13H17F2NO2/c1-13(2,12(17)18)8-16(3)7-9-6-10(14)4-5-11(9)15/h4-6H,7-8H2,1-3H3,(H,17,18). The molecule has 0 unspecified atom stereocenters. The molecule has 0 spiro atoms. The molecule has 0 amide bonds. The summed E-state index contributed by atoms with van der Waals surface area (Å²) in [5.74, 6) is -1.91. The van der Waals surface area contributed by atoms with Gasteiger partial charge in [-0.05, 0) is 39.1 Å². The van der Waals surface area contributed by atoms with Crippen molar-refractivity contribution in [2.24, 2.45) is 5.41 Å². The fourth-order valence-corrected chi connectivity index (χ4v) is 1.75. The molecule has 1 rings (SSSR count). The summed E-state index contributed by atoms with van der Waals surface area (Å²) in [6.07, 6.45) is 0. The van der Waals surface area contributed by atoms with Gasteiger partial charge in [-0.2, -0.15) is 0 Å². The molecule has 0 aliphatic carbocycles. The zero-order valence-electron chi connectivity index (χ0n) is 10.7. The number of rotatable bonds is 5. The predicted molar refractivity (Wildman–Crippen MR) is 64.1 cm³/mol. The molecule has 1 N–H and O–H groups in total. The van der Waals surface area contributed by atoms with Crippen LogP contribution in [0.25, 0.3) is 0 Å². The van der Waals surface area contributed by atoms with Crippen molar-refractivity contribution < 1.29 is 18.7 Å². The number of carboxylic acids is 1. The second kappa shape index (κ2) is 5.44. The van der Waals surface area contributed by atoms with Gasteiger partial charge in [-0.15, -0.1) is 0 Å². The summed E-state index contributed by atoms with van der Waals surface area (Å²) in [6, 6.07) is 3.25. The number of halogens is 2. The molecule has 0 aliphatic heterocycles. The van der Waals surface area contributed by atoms with Gasteiger partial charge in [-0.1, -0.05) is 0 Å². The first-order valence-electron chi connectivity index (χ1n) is 5.58. The van der Waals surface area contributed by atoms with E-state index in [0.717, 1.165) is 18.2 Å².